The molecule has 24 heavy (non-hydrogen) atoms. The van der Waals surface area contributed by atoms with Gasteiger partial charge in [0.15, 0.2) is 12.1 Å². The summed E-state index contributed by atoms with van der Waals surface area (Å²) in [6.45, 7) is 3.86. The molecule has 0 aliphatic carbocycles. The monoisotopic (exact) mass is 328 g/mol. The van der Waals surface area contributed by atoms with Gasteiger partial charge in [0.25, 0.3) is 5.91 Å². The van der Waals surface area contributed by atoms with Crippen molar-refractivity contribution in [3.05, 3.63) is 42.4 Å². The van der Waals surface area contributed by atoms with Crippen LogP contribution in [0.25, 0.3) is 5.69 Å². The highest BCUT2D eigenvalue weighted by Crippen LogP contribution is 2.24. The molecule has 0 bridgehead atoms. The van der Waals surface area contributed by atoms with E-state index in [2.05, 4.69) is 25.8 Å². The zero-order chi connectivity index (χ0) is 17.1. The maximum absolute atomic E-state index is 12.5. The second kappa shape index (κ2) is 6.49. The lowest BCUT2D eigenvalue weighted by molar-refractivity contribution is 0.102. The van der Waals surface area contributed by atoms with E-state index >= 15 is 0 Å². The van der Waals surface area contributed by atoms with Crippen molar-refractivity contribution < 1.29 is 13.9 Å². The molecule has 0 saturated heterocycles. The lowest BCUT2D eigenvalue weighted by Crippen LogP contribution is -2.15. The van der Waals surface area contributed by atoms with Crippen LogP contribution < -0.4 is 10.1 Å². The Morgan fingerprint density at radius 3 is 2.83 bits per heavy atom. The third-order valence-electron chi connectivity index (χ3n) is 3.33. The number of carbonyl (C=O) groups excluding carboxylic acids is 1. The van der Waals surface area contributed by atoms with Gasteiger partial charge in [0.05, 0.1) is 12.8 Å². The number of ether oxygens (including phenoxy) is 1. The maximum atomic E-state index is 12.5. The van der Waals surface area contributed by atoms with Crippen LogP contribution in [0.3, 0.4) is 0 Å². The van der Waals surface area contributed by atoms with Gasteiger partial charge in [0, 0.05) is 23.7 Å². The number of benzene rings is 1. The number of nitrogens with one attached hydrogen (secondary N) is 1. The van der Waals surface area contributed by atoms with Crippen molar-refractivity contribution in [2.45, 2.75) is 19.8 Å². The van der Waals surface area contributed by atoms with Crippen LogP contribution in [-0.2, 0) is 0 Å². The largest absolute Gasteiger partial charge is 0.497 e. The molecule has 3 aromatic rings. The minimum absolute atomic E-state index is 0.0512. The second-order valence-corrected chi connectivity index (χ2v) is 5.35. The van der Waals surface area contributed by atoms with Crippen molar-refractivity contribution in [2.24, 2.45) is 0 Å². The Kier molecular flexibility index (Phi) is 4.23. The van der Waals surface area contributed by atoms with E-state index in [0.29, 0.717) is 22.9 Å². The van der Waals surface area contributed by atoms with Crippen molar-refractivity contribution in [1.29, 1.82) is 0 Å². The Hall–Kier alpha value is -3.23. The van der Waals surface area contributed by atoms with Gasteiger partial charge < -0.3 is 14.5 Å². The SMILES string of the molecule is COc1cc(NC(=O)c2ncoc2C(C)C)cc(-n2cnnn2)c1. The average molecular weight is 328 g/mol. The molecule has 2 aromatic heterocycles. The minimum atomic E-state index is -0.358. The van der Waals surface area contributed by atoms with Crippen LogP contribution in [0.2, 0.25) is 0 Å². The van der Waals surface area contributed by atoms with E-state index in [4.69, 9.17) is 9.15 Å². The molecular weight excluding hydrogens is 312 g/mol. The molecule has 0 fully saturated rings. The van der Waals surface area contributed by atoms with Gasteiger partial charge in [-0.1, -0.05) is 13.8 Å². The number of anilines is 1. The van der Waals surface area contributed by atoms with Crippen LogP contribution in [0.15, 0.2) is 35.3 Å². The van der Waals surface area contributed by atoms with Gasteiger partial charge in [0.2, 0.25) is 0 Å². The average Bonchev–Trinajstić information content (AvgIpc) is 3.25. The van der Waals surface area contributed by atoms with Crippen LogP contribution in [0, 0.1) is 0 Å². The first-order valence-corrected chi connectivity index (χ1v) is 7.25. The highest BCUT2D eigenvalue weighted by Gasteiger charge is 2.19. The maximum Gasteiger partial charge on any atom is 0.277 e. The Balaban J connectivity index is 1.90. The van der Waals surface area contributed by atoms with Crippen molar-refractivity contribution in [1.82, 2.24) is 25.2 Å². The van der Waals surface area contributed by atoms with E-state index in [0.717, 1.165) is 0 Å². The van der Waals surface area contributed by atoms with Crippen LogP contribution in [-0.4, -0.2) is 38.2 Å². The summed E-state index contributed by atoms with van der Waals surface area (Å²) in [5.41, 5.74) is 1.44. The fraction of sp³-hybridized carbons (Fsp3) is 0.267. The molecule has 2 heterocycles. The summed E-state index contributed by atoms with van der Waals surface area (Å²) in [6.07, 6.45) is 2.72. The van der Waals surface area contributed by atoms with Gasteiger partial charge in [-0.25, -0.2) is 9.67 Å². The van der Waals surface area contributed by atoms with Gasteiger partial charge >= 0.3 is 0 Å². The van der Waals surface area contributed by atoms with Crippen LogP contribution in [0.5, 0.6) is 5.75 Å². The first kappa shape index (κ1) is 15.7. The van der Waals surface area contributed by atoms with E-state index in [1.165, 1.54) is 17.4 Å². The van der Waals surface area contributed by atoms with Gasteiger partial charge in [-0.3, -0.25) is 4.79 Å². The summed E-state index contributed by atoms with van der Waals surface area (Å²) >= 11 is 0. The Morgan fingerprint density at radius 1 is 1.33 bits per heavy atom. The van der Waals surface area contributed by atoms with E-state index in [1.54, 1.807) is 25.3 Å². The van der Waals surface area contributed by atoms with E-state index in [-0.39, 0.29) is 17.5 Å². The fourth-order valence-corrected chi connectivity index (χ4v) is 2.21. The smallest absolute Gasteiger partial charge is 0.277 e. The second-order valence-electron chi connectivity index (χ2n) is 5.35. The van der Waals surface area contributed by atoms with Crippen LogP contribution in [0.4, 0.5) is 5.69 Å². The van der Waals surface area contributed by atoms with E-state index in [1.807, 2.05) is 13.8 Å². The molecule has 3 rings (SSSR count). The topological polar surface area (TPSA) is 108 Å². The highest BCUT2D eigenvalue weighted by atomic mass is 16.5. The lowest BCUT2D eigenvalue weighted by Gasteiger charge is -2.10. The Labute approximate surface area is 137 Å². The summed E-state index contributed by atoms with van der Waals surface area (Å²) in [7, 11) is 1.54. The van der Waals surface area contributed by atoms with Crippen molar-refractivity contribution >= 4 is 11.6 Å². The predicted molar refractivity (Wildman–Crippen MR) is 84.3 cm³/mol. The molecule has 0 radical (unpaired) electrons. The summed E-state index contributed by atoms with van der Waals surface area (Å²) in [4.78, 5) is 16.5. The predicted octanol–water partition coefficient (Wildman–Crippen LogP) is 2.03. The molecule has 0 aliphatic heterocycles. The third-order valence-corrected chi connectivity index (χ3v) is 3.33. The number of aromatic nitrogens is 5. The van der Waals surface area contributed by atoms with Gasteiger partial charge in [-0.05, 0) is 16.5 Å². The molecule has 0 unspecified atom stereocenters. The first-order chi connectivity index (χ1) is 11.6. The number of hydrogen-bond acceptors (Lipinski definition) is 7. The normalized spacial score (nSPS) is 10.8. The molecule has 0 atom stereocenters. The number of oxazole rings is 1. The number of rotatable bonds is 5. The van der Waals surface area contributed by atoms with Gasteiger partial charge in [-0.2, -0.15) is 0 Å². The van der Waals surface area contributed by atoms with Gasteiger partial charge in [-0.15, -0.1) is 5.10 Å². The molecule has 0 spiro atoms. The minimum Gasteiger partial charge on any atom is -0.497 e. The van der Waals surface area contributed by atoms with Crippen molar-refractivity contribution in [3.8, 4) is 11.4 Å². The standard InChI is InChI=1S/C15H16N6O3/c1-9(2)14-13(16-8-24-14)15(22)18-10-4-11(6-12(5-10)23-3)21-7-17-19-20-21/h4-9H,1-3H3,(H,18,22). The van der Waals surface area contributed by atoms with Gasteiger partial charge in [0.1, 0.15) is 17.8 Å². The molecule has 0 saturated carbocycles. The molecular formula is C15H16N6O3. The number of tetrazole rings is 1. The molecule has 1 N–H and O–H groups in total. The Bertz CT molecular complexity index is 841. The number of nitrogens with zero attached hydrogens (tertiary/aromatic N) is 5. The van der Waals surface area contributed by atoms with E-state index < -0.39 is 0 Å². The first-order valence-electron chi connectivity index (χ1n) is 7.25. The number of hydrogen-bond donors (Lipinski definition) is 1. The Morgan fingerprint density at radius 2 is 2.17 bits per heavy atom. The lowest BCUT2D eigenvalue weighted by atomic mass is 10.1. The summed E-state index contributed by atoms with van der Waals surface area (Å²) in [5.74, 6) is 0.789. The van der Waals surface area contributed by atoms with E-state index in [9.17, 15) is 4.79 Å². The van der Waals surface area contributed by atoms with Crippen LogP contribution in [0.1, 0.15) is 36.0 Å². The zero-order valence-corrected chi connectivity index (χ0v) is 13.4. The molecule has 1 amide bonds. The number of carbonyl (C=O) groups is 1. The molecule has 9 heteroatoms. The van der Waals surface area contributed by atoms with Crippen molar-refractivity contribution in [3.63, 3.8) is 0 Å². The third kappa shape index (κ3) is 3.09. The fourth-order valence-electron chi connectivity index (χ4n) is 2.21. The quantitative estimate of drug-likeness (QED) is 0.763. The molecule has 9 nitrogen and oxygen atoms in total. The highest BCUT2D eigenvalue weighted by molar-refractivity contribution is 6.03. The molecule has 0 aliphatic rings. The molecule has 124 valence electrons. The van der Waals surface area contributed by atoms with Crippen molar-refractivity contribution in [2.75, 3.05) is 12.4 Å². The molecule has 1 aromatic carbocycles. The zero-order valence-electron chi connectivity index (χ0n) is 13.4. The number of methoxy groups -OCH3 is 1. The summed E-state index contributed by atoms with van der Waals surface area (Å²) in [5, 5.41) is 13.8. The summed E-state index contributed by atoms with van der Waals surface area (Å²) < 4.78 is 12.0. The van der Waals surface area contributed by atoms with Crippen LogP contribution >= 0.6 is 0 Å². The summed E-state index contributed by atoms with van der Waals surface area (Å²) in [6, 6.07) is 5.18. The number of amides is 1.